The Hall–Kier alpha value is -2.68. The molecule has 1 saturated heterocycles. The highest BCUT2D eigenvalue weighted by Gasteiger charge is 2.33. The van der Waals surface area contributed by atoms with Crippen LogP contribution < -0.4 is 10.0 Å². The second-order valence-electron chi connectivity index (χ2n) is 7.23. The van der Waals surface area contributed by atoms with Crippen LogP contribution in [0.4, 0.5) is 10.5 Å². The summed E-state index contributed by atoms with van der Waals surface area (Å²) in [6, 6.07) is 4.48. The fraction of sp³-hybridized carbons (Fsp3) is 0.529. The zero-order chi connectivity index (χ0) is 19.5. The quantitative estimate of drug-likeness (QED) is 0.569. The van der Waals surface area contributed by atoms with Crippen molar-refractivity contribution >= 4 is 17.7 Å². The number of carbonyl (C=O) groups is 2. The summed E-state index contributed by atoms with van der Waals surface area (Å²) in [4.78, 5) is 36.2. The van der Waals surface area contributed by atoms with Crippen LogP contribution in [0.5, 0.6) is 0 Å². The molecule has 1 fully saturated rings. The standard InChI is InChI=1S/C17H23N3O6/c1-17(2,3)26-16(23)19-10-8-18(9-11-19)14(15(21)22)12-4-6-13(7-5-12)20(24)25/h4-7,14H,8-11H2,1-3H3,(H,21,22)/t14-/m1/s1. The first kappa shape index (κ1) is 19.6. The number of non-ortho nitro benzene ring substituents is 1. The van der Waals surface area contributed by atoms with Gasteiger partial charge in [-0.15, -0.1) is 0 Å². The second-order valence-corrected chi connectivity index (χ2v) is 7.23. The van der Waals surface area contributed by atoms with Crippen molar-refractivity contribution < 1.29 is 29.3 Å². The summed E-state index contributed by atoms with van der Waals surface area (Å²) < 4.78 is 5.33. The van der Waals surface area contributed by atoms with E-state index in [1.165, 1.54) is 24.3 Å². The molecule has 0 aromatic heterocycles. The molecule has 1 aliphatic rings. The van der Waals surface area contributed by atoms with Crippen molar-refractivity contribution in [1.82, 2.24) is 4.90 Å². The van der Waals surface area contributed by atoms with Crippen LogP contribution in [0.2, 0.25) is 0 Å². The predicted molar refractivity (Wildman–Crippen MR) is 89.3 cm³/mol. The molecule has 1 amide bonds. The maximum absolute atomic E-state index is 12.1. The number of hydrogen-bond acceptors (Lipinski definition) is 6. The zero-order valence-electron chi connectivity index (χ0n) is 15.1. The molecule has 1 atom stereocenters. The normalized spacial score (nSPS) is 16.8. The van der Waals surface area contributed by atoms with Gasteiger partial charge in [-0.05, 0) is 32.9 Å². The first-order valence-electron chi connectivity index (χ1n) is 8.36. The van der Waals surface area contributed by atoms with Crippen molar-refractivity contribution in [1.29, 1.82) is 0 Å². The van der Waals surface area contributed by atoms with Gasteiger partial charge in [-0.3, -0.25) is 15.0 Å². The average Bonchev–Trinajstić information content (AvgIpc) is 2.54. The first-order valence-corrected chi connectivity index (χ1v) is 8.36. The molecule has 0 unspecified atom stereocenters. The lowest BCUT2D eigenvalue weighted by Crippen LogP contribution is -3.16. The molecule has 0 bridgehead atoms. The number of quaternary nitrogens is 1. The van der Waals surface area contributed by atoms with E-state index in [-0.39, 0.29) is 5.69 Å². The fourth-order valence-electron chi connectivity index (χ4n) is 2.92. The van der Waals surface area contributed by atoms with E-state index in [9.17, 15) is 24.8 Å². The molecule has 0 aliphatic carbocycles. The number of carboxylic acids is 1. The van der Waals surface area contributed by atoms with Gasteiger partial charge in [-0.2, -0.15) is 0 Å². The third-order valence-corrected chi connectivity index (χ3v) is 4.14. The van der Waals surface area contributed by atoms with Crippen molar-refractivity contribution in [3.8, 4) is 0 Å². The Kier molecular flexibility index (Phi) is 5.81. The highest BCUT2D eigenvalue weighted by molar-refractivity contribution is 5.72. The van der Waals surface area contributed by atoms with Crippen LogP contribution in [0.3, 0.4) is 0 Å². The topological polar surface area (TPSA) is 117 Å². The number of nitro groups is 1. The Morgan fingerprint density at radius 2 is 1.73 bits per heavy atom. The molecule has 1 aromatic rings. The van der Waals surface area contributed by atoms with Crippen LogP contribution >= 0.6 is 0 Å². The van der Waals surface area contributed by atoms with Gasteiger partial charge in [-0.25, -0.2) is 4.79 Å². The van der Waals surface area contributed by atoms with E-state index >= 15 is 0 Å². The van der Waals surface area contributed by atoms with E-state index in [0.29, 0.717) is 31.7 Å². The van der Waals surface area contributed by atoms with Crippen molar-refractivity contribution in [2.24, 2.45) is 0 Å². The van der Waals surface area contributed by atoms with E-state index in [2.05, 4.69) is 0 Å². The molecular weight excluding hydrogens is 342 g/mol. The Morgan fingerprint density at radius 1 is 1.19 bits per heavy atom. The van der Waals surface area contributed by atoms with Gasteiger partial charge in [-0.1, -0.05) is 0 Å². The van der Waals surface area contributed by atoms with E-state index in [4.69, 9.17) is 4.74 Å². The number of hydrogen-bond donors (Lipinski definition) is 1. The molecule has 1 aromatic carbocycles. The van der Waals surface area contributed by atoms with Crippen molar-refractivity contribution in [3.05, 3.63) is 39.9 Å². The van der Waals surface area contributed by atoms with E-state index in [1.54, 1.807) is 25.7 Å². The summed E-state index contributed by atoms with van der Waals surface area (Å²) in [5.41, 5.74) is -0.250. The number of piperazine rings is 1. The van der Waals surface area contributed by atoms with Crippen LogP contribution in [-0.4, -0.2) is 53.7 Å². The maximum Gasteiger partial charge on any atom is 0.410 e. The minimum absolute atomic E-state index is 0.101. The minimum atomic E-state index is -1.25. The third-order valence-electron chi connectivity index (χ3n) is 4.14. The van der Waals surface area contributed by atoms with Crippen LogP contribution in [-0.2, 0) is 9.53 Å². The third kappa shape index (κ3) is 4.92. The molecule has 0 saturated carbocycles. The van der Waals surface area contributed by atoms with Gasteiger partial charge in [0.2, 0.25) is 0 Å². The lowest BCUT2D eigenvalue weighted by atomic mass is 10.0. The van der Waals surface area contributed by atoms with Crippen molar-refractivity contribution in [3.63, 3.8) is 0 Å². The zero-order valence-corrected chi connectivity index (χ0v) is 15.1. The van der Waals surface area contributed by atoms with E-state index < -0.39 is 28.6 Å². The Bertz CT molecular complexity index is 675. The van der Waals surface area contributed by atoms with Gasteiger partial charge >= 0.3 is 6.09 Å². The fourth-order valence-corrected chi connectivity index (χ4v) is 2.92. The lowest BCUT2D eigenvalue weighted by molar-refractivity contribution is -0.928. The van der Waals surface area contributed by atoms with Crippen LogP contribution in [0.15, 0.2) is 24.3 Å². The first-order chi connectivity index (χ1) is 12.1. The molecule has 1 aliphatic heterocycles. The minimum Gasteiger partial charge on any atom is -0.544 e. The van der Waals surface area contributed by atoms with Gasteiger partial charge in [0.25, 0.3) is 5.69 Å². The Labute approximate surface area is 151 Å². The number of carboxylic acid groups (broad SMARTS) is 1. The summed E-state index contributed by atoms with van der Waals surface area (Å²) in [5.74, 6) is -1.25. The number of rotatable bonds is 4. The van der Waals surface area contributed by atoms with Crippen molar-refractivity contribution in [2.75, 3.05) is 26.2 Å². The molecule has 26 heavy (non-hydrogen) atoms. The van der Waals surface area contributed by atoms with Gasteiger partial charge in [0.1, 0.15) is 11.6 Å². The lowest BCUT2D eigenvalue weighted by Gasteiger charge is -2.37. The van der Waals surface area contributed by atoms with Crippen LogP contribution in [0.1, 0.15) is 32.4 Å². The SMILES string of the molecule is CC(C)(C)OC(=O)N1CC[NH+]([C@@H](C(=O)[O-])c2ccc([N+](=O)[O-])cc2)CC1. The molecule has 1 N–H and O–H groups in total. The molecule has 0 radical (unpaired) electrons. The van der Waals surface area contributed by atoms with E-state index in [1.807, 2.05) is 0 Å². The van der Waals surface area contributed by atoms with Crippen LogP contribution in [0.25, 0.3) is 0 Å². The number of aliphatic carboxylic acids is 1. The Morgan fingerprint density at radius 3 is 2.15 bits per heavy atom. The number of nitrogens with one attached hydrogen (secondary N) is 1. The van der Waals surface area contributed by atoms with Gasteiger partial charge in [0.15, 0.2) is 6.04 Å². The summed E-state index contributed by atoms with van der Waals surface area (Å²) in [6.07, 6.45) is -0.420. The molecule has 9 heteroatoms. The number of carbonyl (C=O) groups excluding carboxylic acids is 2. The van der Waals surface area contributed by atoms with E-state index in [0.717, 1.165) is 4.90 Å². The number of ether oxygens (including phenoxy) is 1. The van der Waals surface area contributed by atoms with Crippen LogP contribution in [0, 0.1) is 10.1 Å². The number of amides is 1. The monoisotopic (exact) mass is 365 g/mol. The number of nitro benzene ring substituents is 1. The number of benzene rings is 1. The van der Waals surface area contributed by atoms with Gasteiger partial charge < -0.3 is 19.5 Å². The van der Waals surface area contributed by atoms with Crippen molar-refractivity contribution in [2.45, 2.75) is 32.4 Å². The summed E-state index contributed by atoms with van der Waals surface area (Å²) >= 11 is 0. The molecule has 2 rings (SSSR count). The molecule has 1 heterocycles. The summed E-state index contributed by atoms with van der Waals surface area (Å²) in [6.45, 7) is 6.90. The highest BCUT2D eigenvalue weighted by atomic mass is 16.6. The molecule has 9 nitrogen and oxygen atoms in total. The smallest absolute Gasteiger partial charge is 0.410 e. The summed E-state index contributed by atoms with van der Waals surface area (Å²) in [7, 11) is 0. The maximum atomic E-state index is 12.1. The highest BCUT2D eigenvalue weighted by Crippen LogP contribution is 2.16. The second kappa shape index (κ2) is 7.69. The Balaban J connectivity index is 2.05. The largest absolute Gasteiger partial charge is 0.544 e. The predicted octanol–water partition coefficient (Wildman–Crippen LogP) is -0.479. The van der Waals surface area contributed by atoms with Gasteiger partial charge in [0, 0.05) is 17.7 Å². The summed E-state index contributed by atoms with van der Waals surface area (Å²) in [5, 5.41) is 22.4. The van der Waals surface area contributed by atoms with Gasteiger partial charge in [0.05, 0.1) is 31.1 Å². The average molecular weight is 365 g/mol. The molecule has 0 spiro atoms. The molecular formula is C17H23N3O6. The molecule has 142 valence electrons. The number of nitrogens with zero attached hydrogens (tertiary/aromatic N) is 2.